The van der Waals surface area contributed by atoms with Crippen molar-refractivity contribution in [2.24, 2.45) is 0 Å². The zero-order valence-electron chi connectivity index (χ0n) is 11.9. The molecule has 1 saturated heterocycles. The van der Waals surface area contributed by atoms with Gasteiger partial charge in [-0.1, -0.05) is 12.8 Å². The van der Waals surface area contributed by atoms with Crippen LogP contribution in [0.5, 0.6) is 5.75 Å². The summed E-state index contributed by atoms with van der Waals surface area (Å²) in [4.78, 5) is 8.00. The lowest BCUT2D eigenvalue weighted by atomic mass is 10.1. The maximum atomic E-state index is 5.18. The highest BCUT2D eigenvalue weighted by Gasteiger charge is 2.16. The van der Waals surface area contributed by atoms with E-state index >= 15 is 0 Å². The molecule has 0 aliphatic carbocycles. The number of nitrogens with one attached hydrogen (secondary N) is 2. The summed E-state index contributed by atoms with van der Waals surface area (Å²) in [6.45, 7) is 1.09. The van der Waals surface area contributed by atoms with Crippen molar-refractivity contribution in [2.45, 2.75) is 31.7 Å². The molecule has 0 saturated carbocycles. The van der Waals surface area contributed by atoms with E-state index in [4.69, 9.17) is 4.74 Å². The van der Waals surface area contributed by atoms with Crippen LogP contribution in [0.1, 0.15) is 37.5 Å². The second kappa shape index (κ2) is 6.09. The molecule has 106 valence electrons. The second-order valence-electron chi connectivity index (χ2n) is 5.27. The molecule has 1 aliphatic heterocycles. The van der Waals surface area contributed by atoms with E-state index in [0.29, 0.717) is 6.04 Å². The van der Waals surface area contributed by atoms with Crippen molar-refractivity contribution < 1.29 is 4.74 Å². The number of nitrogens with zero attached hydrogens (tertiary/aromatic N) is 1. The molecule has 2 N–H and O–H groups in total. The smallest absolute Gasteiger partial charge is 0.123 e. The van der Waals surface area contributed by atoms with Crippen LogP contribution in [-0.2, 0) is 0 Å². The third-order valence-electron chi connectivity index (χ3n) is 3.89. The first kappa shape index (κ1) is 13.2. The Hall–Kier alpha value is -1.81. The molecule has 1 fully saturated rings. The molecule has 0 bridgehead atoms. The molecule has 3 rings (SSSR count). The predicted octanol–water partition coefficient (Wildman–Crippen LogP) is 3.29. The van der Waals surface area contributed by atoms with Crippen molar-refractivity contribution in [1.29, 1.82) is 0 Å². The van der Waals surface area contributed by atoms with Crippen molar-refractivity contribution in [3.05, 3.63) is 36.3 Å². The molecule has 1 aromatic carbocycles. The molecule has 2 aromatic rings. The molecule has 4 nitrogen and oxygen atoms in total. The van der Waals surface area contributed by atoms with Gasteiger partial charge in [0.05, 0.1) is 25.0 Å². The van der Waals surface area contributed by atoms with Crippen LogP contribution in [0.4, 0.5) is 0 Å². The molecular formula is C16H21N3O. The van der Waals surface area contributed by atoms with Gasteiger partial charge in [-0.15, -0.1) is 0 Å². The maximum absolute atomic E-state index is 5.18. The fraction of sp³-hybridized carbons (Fsp3) is 0.438. The first-order valence-electron chi connectivity index (χ1n) is 7.29. The summed E-state index contributed by atoms with van der Waals surface area (Å²) in [6.07, 6.45) is 6.94. The van der Waals surface area contributed by atoms with Gasteiger partial charge in [0, 0.05) is 0 Å². The molecule has 1 aliphatic rings. The molecule has 4 heteroatoms. The quantitative estimate of drug-likeness (QED) is 0.900. The van der Waals surface area contributed by atoms with E-state index in [1.54, 1.807) is 7.11 Å². The predicted molar refractivity (Wildman–Crippen MR) is 79.8 cm³/mol. The summed E-state index contributed by atoms with van der Waals surface area (Å²) in [5, 5.41) is 3.57. The molecule has 20 heavy (non-hydrogen) atoms. The van der Waals surface area contributed by atoms with E-state index in [9.17, 15) is 0 Å². The van der Waals surface area contributed by atoms with Gasteiger partial charge in [-0.05, 0) is 49.2 Å². The zero-order valence-corrected chi connectivity index (χ0v) is 11.9. The van der Waals surface area contributed by atoms with Gasteiger partial charge in [-0.3, -0.25) is 0 Å². The van der Waals surface area contributed by atoms with Crippen LogP contribution in [0.15, 0.2) is 30.5 Å². The van der Waals surface area contributed by atoms with E-state index < -0.39 is 0 Å². The molecule has 0 spiro atoms. The topological polar surface area (TPSA) is 49.9 Å². The lowest BCUT2D eigenvalue weighted by Gasteiger charge is -2.12. The molecular weight excluding hydrogens is 250 g/mol. The lowest BCUT2D eigenvalue weighted by molar-refractivity contribution is 0.415. The highest BCUT2D eigenvalue weighted by Crippen LogP contribution is 2.25. The zero-order chi connectivity index (χ0) is 13.8. The molecule has 1 atom stereocenters. The van der Waals surface area contributed by atoms with Crippen molar-refractivity contribution >= 4 is 0 Å². The molecule has 2 heterocycles. The van der Waals surface area contributed by atoms with Gasteiger partial charge < -0.3 is 15.0 Å². The number of methoxy groups -OCH3 is 1. The van der Waals surface area contributed by atoms with E-state index in [1.807, 2.05) is 18.3 Å². The Morgan fingerprint density at radius 2 is 2.00 bits per heavy atom. The monoisotopic (exact) mass is 271 g/mol. The third-order valence-corrected chi connectivity index (χ3v) is 3.89. The number of aromatic nitrogens is 2. The summed E-state index contributed by atoms with van der Waals surface area (Å²) in [7, 11) is 1.68. The van der Waals surface area contributed by atoms with E-state index in [-0.39, 0.29) is 0 Å². The third kappa shape index (κ3) is 2.85. The number of rotatable bonds is 3. The van der Waals surface area contributed by atoms with Gasteiger partial charge in [0.1, 0.15) is 11.6 Å². The SMILES string of the molecule is COc1ccc(-c2cnc(C3CCCCCN3)[nH]2)cc1. The van der Waals surface area contributed by atoms with Crippen molar-refractivity contribution in [3.8, 4) is 17.0 Å². The Morgan fingerprint density at radius 3 is 2.80 bits per heavy atom. The number of imidazole rings is 1. The lowest BCUT2D eigenvalue weighted by Crippen LogP contribution is -2.21. The molecule has 1 unspecified atom stereocenters. The van der Waals surface area contributed by atoms with E-state index in [0.717, 1.165) is 35.8 Å². The van der Waals surface area contributed by atoms with Gasteiger partial charge in [0.25, 0.3) is 0 Å². The highest BCUT2D eigenvalue weighted by molar-refractivity contribution is 5.59. The van der Waals surface area contributed by atoms with Crippen molar-refractivity contribution in [3.63, 3.8) is 0 Å². The minimum atomic E-state index is 0.365. The molecule has 0 radical (unpaired) electrons. The average Bonchev–Trinajstić information content (AvgIpc) is 2.83. The fourth-order valence-corrected chi connectivity index (χ4v) is 2.69. The van der Waals surface area contributed by atoms with Crippen LogP contribution in [0.25, 0.3) is 11.3 Å². The fourth-order valence-electron chi connectivity index (χ4n) is 2.69. The molecule has 1 aromatic heterocycles. The number of hydrogen-bond acceptors (Lipinski definition) is 3. The van der Waals surface area contributed by atoms with Crippen LogP contribution in [0.2, 0.25) is 0 Å². The summed E-state index contributed by atoms with van der Waals surface area (Å²) in [5.41, 5.74) is 2.20. The number of H-pyrrole nitrogens is 1. The maximum Gasteiger partial charge on any atom is 0.123 e. The van der Waals surface area contributed by atoms with Gasteiger partial charge in [-0.25, -0.2) is 4.98 Å². The Morgan fingerprint density at radius 1 is 1.15 bits per heavy atom. The van der Waals surface area contributed by atoms with Gasteiger partial charge in [-0.2, -0.15) is 0 Å². The Labute approximate surface area is 119 Å². The molecule has 0 amide bonds. The minimum absolute atomic E-state index is 0.365. The van der Waals surface area contributed by atoms with Gasteiger partial charge in [0.2, 0.25) is 0 Å². The van der Waals surface area contributed by atoms with Crippen molar-refractivity contribution in [1.82, 2.24) is 15.3 Å². The van der Waals surface area contributed by atoms with Gasteiger partial charge >= 0.3 is 0 Å². The Balaban J connectivity index is 1.78. The minimum Gasteiger partial charge on any atom is -0.497 e. The van der Waals surface area contributed by atoms with Crippen LogP contribution in [0.3, 0.4) is 0 Å². The summed E-state index contributed by atoms with van der Waals surface area (Å²) in [5.74, 6) is 1.93. The summed E-state index contributed by atoms with van der Waals surface area (Å²) in [6, 6.07) is 8.41. The average molecular weight is 271 g/mol. The van der Waals surface area contributed by atoms with E-state index in [1.165, 1.54) is 19.3 Å². The number of ether oxygens (including phenoxy) is 1. The van der Waals surface area contributed by atoms with Crippen LogP contribution in [-0.4, -0.2) is 23.6 Å². The normalized spacial score (nSPS) is 19.6. The summed E-state index contributed by atoms with van der Waals surface area (Å²) < 4.78 is 5.18. The highest BCUT2D eigenvalue weighted by atomic mass is 16.5. The number of hydrogen-bond donors (Lipinski definition) is 2. The summed E-state index contributed by atoms with van der Waals surface area (Å²) >= 11 is 0. The van der Waals surface area contributed by atoms with E-state index in [2.05, 4.69) is 27.4 Å². The van der Waals surface area contributed by atoms with Gasteiger partial charge in [0.15, 0.2) is 0 Å². The van der Waals surface area contributed by atoms with Crippen molar-refractivity contribution in [2.75, 3.05) is 13.7 Å². The first-order chi connectivity index (χ1) is 9.86. The number of benzene rings is 1. The van der Waals surface area contributed by atoms with Crippen LogP contribution in [0, 0.1) is 0 Å². The van der Waals surface area contributed by atoms with Crippen LogP contribution >= 0.6 is 0 Å². The van der Waals surface area contributed by atoms with Crippen LogP contribution < -0.4 is 10.1 Å². The Bertz CT molecular complexity index is 539. The first-order valence-corrected chi connectivity index (χ1v) is 7.29. The standard InChI is InChI=1S/C16H21N3O/c1-20-13-8-6-12(7-9-13)15-11-18-16(19-15)14-5-3-2-4-10-17-14/h6-9,11,14,17H,2-5,10H2,1H3,(H,18,19). The number of aromatic amines is 1. The largest absolute Gasteiger partial charge is 0.497 e. The Kier molecular flexibility index (Phi) is 4.02. The second-order valence-corrected chi connectivity index (χ2v) is 5.27.